The third-order valence-electron chi connectivity index (χ3n) is 2.55. The van der Waals surface area contributed by atoms with Gasteiger partial charge in [-0.2, -0.15) is 0 Å². The highest BCUT2D eigenvalue weighted by atomic mass is 35.5. The summed E-state index contributed by atoms with van der Waals surface area (Å²) in [5, 5.41) is 3.76. The molecule has 0 fully saturated rings. The summed E-state index contributed by atoms with van der Waals surface area (Å²) >= 11 is 11.9. The number of aromatic nitrogens is 2. The van der Waals surface area contributed by atoms with Crippen molar-refractivity contribution in [2.45, 2.75) is 6.54 Å². The first kappa shape index (κ1) is 14.6. The van der Waals surface area contributed by atoms with Crippen molar-refractivity contribution in [2.75, 3.05) is 12.4 Å². The molecule has 1 heterocycles. The fourth-order valence-corrected chi connectivity index (χ4v) is 1.92. The van der Waals surface area contributed by atoms with Gasteiger partial charge in [0.05, 0.1) is 29.9 Å². The Bertz CT molecular complexity index is 635. The van der Waals surface area contributed by atoms with Crippen molar-refractivity contribution in [1.29, 1.82) is 0 Å². The summed E-state index contributed by atoms with van der Waals surface area (Å²) < 4.78 is 4.66. The summed E-state index contributed by atoms with van der Waals surface area (Å²) in [6.45, 7) is 0.384. The van der Waals surface area contributed by atoms with E-state index in [9.17, 15) is 4.79 Å². The molecule has 0 saturated heterocycles. The molecular formula is C13H11Cl2N3O2. The van der Waals surface area contributed by atoms with Crippen LogP contribution in [0, 0.1) is 0 Å². The lowest BCUT2D eigenvalue weighted by molar-refractivity contribution is 0.0601. The van der Waals surface area contributed by atoms with Gasteiger partial charge in [-0.15, -0.1) is 0 Å². The van der Waals surface area contributed by atoms with Gasteiger partial charge in [0.15, 0.2) is 5.15 Å². The van der Waals surface area contributed by atoms with Gasteiger partial charge < -0.3 is 10.1 Å². The molecule has 0 aliphatic carbocycles. The Balaban J connectivity index is 2.14. The van der Waals surface area contributed by atoms with E-state index in [0.29, 0.717) is 33.7 Å². The highest BCUT2D eigenvalue weighted by Crippen LogP contribution is 2.22. The molecule has 0 aliphatic heterocycles. The van der Waals surface area contributed by atoms with Crippen LogP contribution in [-0.4, -0.2) is 23.0 Å². The van der Waals surface area contributed by atoms with Crippen LogP contribution in [0.25, 0.3) is 0 Å². The second-order valence-electron chi connectivity index (χ2n) is 3.83. The lowest BCUT2D eigenvalue weighted by Gasteiger charge is -2.09. The molecule has 0 spiro atoms. The van der Waals surface area contributed by atoms with Crippen molar-refractivity contribution >= 4 is 34.9 Å². The van der Waals surface area contributed by atoms with Crippen molar-refractivity contribution < 1.29 is 9.53 Å². The Labute approximate surface area is 125 Å². The van der Waals surface area contributed by atoms with E-state index in [1.165, 1.54) is 13.3 Å². The molecular weight excluding hydrogens is 301 g/mol. The van der Waals surface area contributed by atoms with Gasteiger partial charge in [0.1, 0.15) is 0 Å². The molecule has 1 N–H and O–H groups in total. The number of halogens is 2. The average Bonchev–Trinajstić information content (AvgIpc) is 2.47. The zero-order valence-corrected chi connectivity index (χ0v) is 12.1. The second kappa shape index (κ2) is 6.54. The summed E-state index contributed by atoms with van der Waals surface area (Å²) in [5.41, 5.74) is 1.62. The van der Waals surface area contributed by atoms with Crippen LogP contribution in [0.2, 0.25) is 10.2 Å². The average molecular weight is 312 g/mol. The molecule has 0 unspecified atom stereocenters. The van der Waals surface area contributed by atoms with Gasteiger partial charge >= 0.3 is 5.97 Å². The predicted molar refractivity (Wildman–Crippen MR) is 77.2 cm³/mol. The van der Waals surface area contributed by atoms with E-state index in [4.69, 9.17) is 23.2 Å². The molecule has 2 aromatic rings. The maximum absolute atomic E-state index is 11.5. The lowest BCUT2D eigenvalue weighted by Crippen LogP contribution is -2.06. The molecule has 1 aromatic heterocycles. The molecule has 0 amide bonds. The van der Waals surface area contributed by atoms with E-state index < -0.39 is 5.97 Å². The Morgan fingerprint density at radius 2 is 2.05 bits per heavy atom. The van der Waals surface area contributed by atoms with Crippen molar-refractivity contribution in [3.05, 3.63) is 52.0 Å². The Morgan fingerprint density at radius 1 is 1.30 bits per heavy atom. The van der Waals surface area contributed by atoms with Crippen LogP contribution < -0.4 is 5.32 Å². The SMILES string of the molecule is COC(=O)c1cc(NCc2nccnc2Cl)ccc1Cl. The topological polar surface area (TPSA) is 64.1 Å². The van der Waals surface area contributed by atoms with Crippen LogP contribution in [-0.2, 0) is 11.3 Å². The van der Waals surface area contributed by atoms with Gasteiger partial charge in [0.2, 0.25) is 0 Å². The number of hydrogen-bond acceptors (Lipinski definition) is 5. The molecule has 1 aromatic carbocycles. The third kappa shape index (κ3) is 3.37. The van der Waals surface area contributed by atoms with E-state index in [-0.39, 0.29) is 0 Å². The largest absolute Gasteiger partial charge is 0.465 e. The summed E-state index contributed by atoms with van der Waals surface area (Å²) in [4.78, 5) is 19.6. The van der Waals surface area contributed by atoms with Crippen LogP contribution in [0.15, 0.2) is 30.6 Å². The maximum atomic E-state index is 11.5. The zero-order chi connectivity index (χ0) is 14.5. The molecule has 104 valence electrons. The third-order valence-corrected chi connectivity index (χ3v) is 3.20. The van der Waals surface area contributed by atoms with Gasteiger partial charge in [0, 0.05) is 18.1 Å². The fraction of sp³-hybridized carbons (Fsp3) is 0.154. The van der Waals surface area contributed by atoms with Crippen molar-refractivity contribution in [3.63, 3.8) is 0 Å². The van der Waals surface area contributed by atoms with E-state index in [1.54, 1.807) is 24.4 Å². The van der Waals surface area contributed by atoms with Gasteiger partial charge in [0.25, 0.3) is 0 Å². The van der Waals surface area contributed by atoms with E-state index >= 15 is 0 Å². The maximum Gasteiger partial charge on any atom is 0.339 e. The van der Waals surface area contributed by atoms with Crippen LogP contribution in [0.1, 0.15) is 16.1 Å². The number of ether oxygens (including phenoxy) is 1. The minimum Gasteiger partial charge on any atom is -0.465 e. The smallest absolute Gasteiger partial charge is 0.339 e. The number of esters is 1. The highest BCUT2D eigenvalue weighted by molar-refractivity contribution is 6.33. The monoisotopic (exact) mass is 311 g/mol. The summed E-state index contributed by atoms with van der Waals surface area (Å²) in [6.07, 6.45) is 3.08. The van der Waals surface area contributed by atoms with E-state index in [2.05, 4.69) is 20.0 Å². The van der Waals surface area contributed by atoms with Crippen molar-refractivity contribution in [1.82, 2.24) is 9.97 Å². The molecule has 20 heavy (non-hydrogen) atoms. The molecule has 7 heteroatoms. The standard InChI is InChI=1S/C13H11Cl2N3O2/c1-20-13(19)9-6-8(2-3-10(9)14)18-7-11-12(15)17-5-4-16-11/h2-6,18H,7H2,1H3. The van der Waals surface area contributed by atoms with Gasteiger partial charge in [-0.25, -0.2) is 9.78 Å². The number of anilines is 1. The number of carbonyl (C=O) groups is 1. The quantitative estimate of drug-likeness (QED) is 0.879. The fourth-order valence-electron chi connectivity index (χ4n) is 1.56. The number of carbonyl (C=O) groups excluding carboxylic acids is 1. The lowest BCUT2D eigenvalue weighted by atomic mass is 10.2. The summed E-state index contributed by atoms with van der Waals surface area (Å²) in [5.74, 6) is -0.490. The van der Waals surface area contributed by atoms with Crippen molar-refractivity contribution in [2.24, 2.45) is 0 Å². The molecule has 0 saturated carbocycles. The van der Waals surface area contributed by atoms with Crippen LogP contribution in [0.4, 0.5) is 5.69 Å². The molecule has 0 radical (unpaired) electrons. The summed E-state index contributed by atoms with van der Waals surface area (Å²) in [6, 6.07) is 4.98. The number of methoxy groups -OCH3 is 1. The molecule has 0 atom stereocenters. The zero-order valence-electron chi connectivity index (χ0n) is 10.6. The molecule has 5 nitrogen and oxygen atoms in total. The van der Waals surface area contributed by atoms with Gasteiger partial charge in [-0.1, -0.05) is 23.2 Å². The normalized spacial score (nSPS) is 10.2. The first-order valence-corrected chi connectivity index (χ1v) is 6.44. The Hall–Kier alpha value is -1.85. The molecule has 0 bridgehead atoms. The Morgan fingerprint density at radius 3 is 2.75 bits per heavy atom. The van der Waals surface area contributed by atoms with Crippen LogP contribution in [0.5, 0.6) is 0 Å². The predicted octanol–water partition coefficient (Wildman–Crippen LogP) is 3.18. The number of hydrogen-bond donors (Lipinski definition) is 1. The highest BCUT2D eigenvalue weighted by Gasteiger charge is 2.11. The minimum absolute atomic E-state index is 0.296. The van der Waals surface area contributed by atoms with Crippen molar-refractivity contribution in [3.8, 4) is 0 Å². The van der Waals surface area contributed by atoms with Crippen LogP contribution >= 0.6 is 23.2 Å². The van der Waals surface area contributed by atoms with E-state index in [1.807, 2.05) is 0 Å². The first-order valence-electron chi connectivity index (χ1n) is 5.69. The second-order valence-corrected chi connectivity index (χ2v) is 4.60. The van der Waals surface area contributed by atoms with E-state index in [0.717, 1.165) is 0 Å². The summed E-state index contributed by atoms with van der Waals surface area (Å²) in [7, 11) is 1.30. The number of nitrogens with zero attached hydrogens (tertiary/aromatic N) is 2. The van der Waals surface area contributed by atoms with Crippen LogP contribution in [0.3, 0.4) is 0 Å². The number of nitrogens with one attached hydrogen (secondary N) is 1. The van der Waals surface area contributed by atoms with Gasteiger partial charge in [-0.05, 0) is 18.2 Å². The molecule has 2 rings (SSSR count). The first-order chi connectivity index (χ1) is 9.61. The number of rotatable bonds is 4. The van der Waals surface area contributed by atoms with Gasteiger partial charge in [-0.3, -0.25) is 4.98 Å². The number of benzene rings is 1. The Kier molecular flexibility index (Phi) is 4.76. The molecule has 0 aliphatic rings. The minimum atomic E-state index is -0.490.